The number of benzene rings is 2. The van der Waals surface area contributed by atoms with Crippen molar-refractivity contribution in [2.24, 2.45) is 0 Å². The molecular weight excluding hydrogens is 404 g/mol. The van der Waals surface area contributed by atoms with Crippen molar-refractivity contribution in [3.63, 3.8) is 0 Å². The first-order valence-corrected chi connectivity index (χ1v) is 8.98. The van der Waals surface area contributed by atoms with Gasteiger partial charge in [0.25, 0.3) is 11.6 Å². The van der Waals surface area contributed by atoms with Gasteiger partial charge in [-0.3, -0.25) is 14.9 Å². The summed E-state index contributed by atoms with van der Waals surface area (Å²) in [6.45, 7) is 2.91. The SMILES string of the molecule is CCOc1ccc(NC(=O)COC(=O)C(C)Oc2cccc(Cl)c2)c([N+](=O)[O-])c1. The van der Waals surface area contributed by atoms with Crippen LogP contribution in [0.25, 0.3) is 0 Å². The fourth-order valence-corrected chi connectivity index (χ4v) is 2.44. The third-order valence-corrected chi connectivity index (χ3v) is 3.77. The number of halogens is 1. The van der Waals surface area contributed by atoms with Gasteiger partial charge in [-0.05, 0) is 44.2 Å². The number of nitro groups is 1. The van der Waals surface area contributed by atoms with Gasteiger partial charge in [0.15, 0.2) is 12.7 Å². The molecule has 0 saturated carbocycles. The van der Waals surface area contributed by atoms with Gasteiger partial charge in [0.2, 0.25) is 0 Å². The third kappa shape index (κ3) is 6.65. The molecule has 2 aromatic carbocycles. The fraction of sp³-hybridized carbons (Fsp3) is 0.263. The van der Waals surface area contributed by atoms with Gasteiger partial charge in [0.1, 0.15) is 17.2 Å². The molecule has 1 amide bonds. The van der Waals surface area contributed by atoms with Crippen LogP contribution in [0.1, 0.15) is 13.8 Å². The molecule has 2 rings (SSSR count). The number of anilines is 1. The Morgan fingerprint density at radius 2 is 1.97 bits per heavy atom. The zero-order chi connectivity index (χ0) is 21.4. The van der Waals surface area contributed by atoms with Gasteiger partial charge in [0.05, 0.1) is 17.6 Å². The lowest BCUT2D eigenvalue weighted by Gasteiger charge is -2.14. The molecule has 154 valence electrons. The lowest BCUT2D eigenvalue weighted by molar-refractivity contribution is -0.384. The first kappa shape index (κ1) is 22.0. The van der Waals surface area contributed by atoms with Crippen LogP contribution in [0.15, 0.2) is 42.5 Å². The number of carbonyl (C=O) groups is 2. The molecule has 0 aliphatic heterocycles. The van der Waals surface area contributed by atoms with Crippen molar-refractivity contribution in [3.05, 3.63) is 57.6 Å². The van der Waals surface area contributed by atoms with Crippen molar-refractivity contribution in [2.45, 2.75) is 20.0 Å². The molecule has 29 heavy (non-hydrogen) atoms. The summed E-state index contributed by atoms with van der Waals surface area (Å²) in [6, 6.07) is 10.5. The number of rotatable bonds is 9. The lowest BCUT2D eigenvalue weighted by Crippen LogP contribution is -2.29. The molecule has 0 bridgehead atoms. The van der Waals surface area contributed by atoms with Crippen LogP contribution in [0.4, 0.5) is 11.4 Å². The monoisotopic (exact) mass is 422 g/mol. The van der Waals surface area contributed by atoms with E-state index in [0.29, 0.717) is 23.1 Å². The van der Waals surface area contributed by atoms with E-state index in [-0.39, 0.29) is 11.4 Å². The number of carbonyl (C=O) groups excluding carboxylic acids is 2. The van der Waals surface area contributed by atoms with Gasteiger partial charge in [-0.1, -0.05) is 17.7 Å². The molecule has 10 heteroatoms. The molecule has 0 radical (unpaired) electrons. The van der Waals surface area contributed by atoms with Crippen molar-refractivity contribution in [2.75, 3.05) is 18.5 Å². The summed E-state index contributed by atoms with van der Waals surface area (Å²) in [5.41, 5.74) is -0.379. The Labute approximate surface area is 171 Å². The van der Waals surface area contributed by atoms with E-state index in [2.05, 4.69) is 5.32 Å². The van der Waals surface area contributed by atoms with Crippen LogP contribution in [0, 0.1) is 10.1 Å². The molecular formula is C19H19ClN2O7. The molecule has 0 aromatic heterocycles. The van der Waals surface area contributed by atoms with Crippen LogP contribution in [0.2, 0.25) is 5.02 Å². The molecule has 0 saturated heterocycles. The van der Waals surface area contributed by atoms with Crippen molar-refractivity contribution in [1.82, 2.24) is 0 Å². The number of amides is 1. The highest BCUT2D eigenvalue weighted by Crippen LogP contribution is 2.29. The van der Waals surface area contributed by atoms with E-state index in [0.717, 1.165) is 0 Å². The number of ether oxygens (including phenoxy) is 3. The maximum absolute atomic E-state index is 12.0. The summed E-state index contributed by atoms with van der Waals surface area (Å²) < 4.78 is 15.5. The Balaban J connectivity index is 1.92. The van der Waals surface area contributed by atoms with Gasteiger partial charge < -0.3 is 19.5 Å². The van der Waals surface area contributed by atoms with Crippen molar-refractivity contribution in [1.29, 1.82) is 0 Å². The number of nitrogens with zero attached hydrogens (tertiary/aromatic N) is 1. The van der Waals surface area contributed by atoms with E-state index in [9.17, 15) is 19.7 Å². The zero-order valence-electron chi connectivity index (χ0n) is 15.7. The van der Waals surface area contributed by atoms with E-state index in [1.807, 2.05) is 0 Å². The van der Waals surface area contributed by atoms with Crippen LogP contribution >= 0.6 is 11.6 Å². The maximum Gasteiger partial charge on any atom is 0.347 e. The van der Waals surface area contributed by atoms with Gasteiger partial charge in [-0.15, -0.1) is 0 Å². The van der Waals surface area contributed by atoms with Gasteiger partial charge in [-0.2, -0.15) is 0 Å². The topological polar surface area (TPSA) is 117 Å². The van der Waals surface area contributed by atoms with E-state index in [1.165, 1.54) is 31.2 Å². The second-order valence-electron chi connectivity index (χ2n) is 5.74. The molecule has 9 nitrogen and oxygen atoms in total. The molecule has 0 aliphatic carbocycles. The largest absolute Gasteiger partial charge is 0.494 e. The minimum atomic E-state index is -0.985. The van der Waals surface area contributed by atoms with Crippen LogP contribution in [-0.4, -0.2) is 36.1 Å². The average molecular weight is 423 g/mol. The molecule has 0 aliphatic rings. The molecule has 0 heterocycles. The summed E-state index contributed by atoms with van der Waals surface area (Å²) in [4.78, 5) is 34.6. The minimum absolute atomic E-state index is 0.0391. The lowest BCUT2D eigenvalue weighted by atomic mass is 10.2. The number of nitrogens with one attached hydrogen (secondary N) is 1. The van der Waals surface area contributed by atoms with Crippen LogP contribution < -0.4 is 14.8 Å². The quantitative estimate of drug-likeness (QED) is 0.372. The van der Waals surface area contributed by atoms with Gasteiger partial charge in [-0.25, -0.2) is 4.79 Å². The van der Waals surface area contributed by atoms with Crippen molar-refractivity contribution in [3.8, 4) is 11.5 Å². The Bertz CT molecular complexity index is 904. The van der Waals surface area contributed by atoms with Crippen LogP contribution in [0.5, 0.6) is 11.5 Å². The first-order valence-electron chi connectivity index (χ1n) is 8.60. The Morgan fingerprint density at radius 1 is 1.21 bits per heavy atom. The molecule has 0 fully saturated rings. The molecule has 1 N–H and O–H groups in total. The van der Waals surface area contributed by atoms with E-state index >= 15 is 0 Å². The van der Waals surface area contributed by atoms with Crippen molar-refractivity contribution >= 4 is 34.9 Å². The van der Waals surface area contributed by atoms with Gasteiger partial charge >= 0.3 is 5.97 Å². The molecule has 1 atom stereocenters. The number of nitro benzene ring substituents is 1. The third-order valence-electron chi connectivity index (χ3n) is 3.54. The smallest absolute Gasteiger partial charge is 0.347 e. The Kier molecular flexibility index (Phi) is 7.79. The summed E-state index contributed by atoms with van der Waals surface area (Å²) in [5, 5.41) is 14.0. The highest BCUT2D eigenvalue weighted by Gasteiger charge is 2.20. The predicted molar refractivity (Wildman–Crippen MR) is 105 cm³/mol. The summed E-state index contributed by atoms with van der Waals surface area (Å²) in [5.74, 6) is -0.839. The van der Waals surface area contributed by atoms with Gasteiger partial charge in [0, 0.05) is 5.02 Å². The highest BCUT2D eigenvalue weighted by atomic mass is 35.5. The second-order valence-corrected chi connectivity index (χ2v) is 6.18. The average Bonchev–Trinajstić information content (AvgIpc) is 2.67. The van der Waals surface area contributed by atoms with E-state index in [4.69, 9.17) is 25.8 Å². The first-order chi connectivity index (χ1) is 13.8. The molecule has 1 unspecified atom stereocenters. The number of hydrogen-bond acceptors (Lipinski definition) is 7. The molecule has 0 spiro atoms. The Morgan fingerprint density at radius 3 is 2.62 bits per heavy atom. The minimum Gasteiger partial charge on any atom is -0.494 e. The normalized spacial score (nSPS) is 11.3. The van der Waals surface area contributed by atoms with Crippen LogP contribution in [0.3, 0.4) is 0 Å². The summed E-state index contributed by atoms with van der Waals surface area (Å²) >= 11 is 5.84. The molecule has 2 aromatic rings. The summed E-state index contributed by atoms with van der Waals surface area (Å²) in [7, 11) is 0. The van der Waals surface area contributed by atoms with E-state index in [1.54, 1.807) is 25.1 Å². The fourth-order valence-electron chi connectivity index (χ4n) is 2.26. The number of hydrogen-bond donors (Lipinski definition) is 1. The van der Waals surface area contributed by atoms with Crippen LogP contribution in [-0.2, 0) is 14.3 Å². The standard InChI is InChI=1S/C19H19ClN2O7/c1-3-27-14-7-8-16(17(10-14)22(25)26)21-18(23)11-28-19(24)12(2)29-15-6-4-5-13(20)9-15/h4-10,12H,3,11H2,1-2H3,(H,21,23). The summed E-state index contributed by atoms with van der Waals surface area (Å²) in [6.07, 6.45) is -0.985. The Hall–Kier alpha value is -3.33. The van der Waals surface area contributed by atoms with Crippen molar-refractivity contribution < 1.29 is 28.7 Å². The number of esters is 1. The maximum atomic E-state index is 12.0. The zero-order valence-corrected chi connectivity index (χ0v) is 16.5. The predicted octanol–water partition coefficient (Wildman–Crippen LogP) is 3.60. The second kappa shape index (κ2) is 10.3. The highest BCUT2D eigenvalue weighted by molar-refractivity contribution is 6.30. The van der Waals surface area contributed by atoms with E-state index < -0.39 is 29.5 Å².